The number of β-amino-alcohol motifs (C(OH)–C–C–N with tert-alkyl or cyclic N) is 2. The summed E-state index contributed by atoms with van der Waals surface area (Å²) in [5, 5.41) is 18.6. The van der Waals surface area contributed by atoms with Crippen LogP contribution >= 0.6 is 0 Å². The molecule has 2 unspecified atom stereocenters. The van der Waals surface area contributed by atoms with Crippen molar-refractivity contribution < 1.29 is 23.0 Å². The predicted molar refractivity (Wildman–Crippen MR) is 61.6 cm³/mol. The van der Waals surface area contributed by atoms with E-state index in [4.69, 9.17) is 5.73 Å². The number of halogens is 1. The standard InChI is InChI=1S/C10H13FN2O4S/c11-7-3-6(12)1-2-10(7)18(16,17)13-4-8(14)9(15)5-13/h1-3,8-9,14-15H,4-5,12H2. The van der Waals surface area contributed by atoms with Crippen LogP contribution in [0.25, 0.3) is 0 Å². The van der Waals surface area contributed by atoms with E-state index in [2.05, 4.69) is 0 Å². The van der Waals surface area contributed by atoms with Gasteiger partial charge in [0.1, 0.15) is 10.7 Å². The summed E-state index contributed by atoms with van der Waals surface area (Å²) in [4.78, 5) is -0.516. The molecule has 0 spiro atoms. The summed E-state index contributed by atoms with van der Waals surface area (Å²) in [6.07, 6.45) is -2.31. The van der Waals surface area contributed by atoms with Crippen molar-refractivity contribution in [3.05, 3.63) is 24.0 Å². The monoisotopic (exact) mass is 276 g/mol. The van der Waals surface area contributed by atoms with Crippen molar-refractivity contribution in [2.24, 2.45) is 0 Å². The Morgan fingerprint density at radius 3 is 2.33 bits per heavy atom. The molecule has 0 bridgehead atoms. The van der Waals surface area contributed by atoms with Crippen LogP contribution in [-0.2, 0) is 10.0 Å². The maximum Gasteiger partial charge on any atom is 0.246 e. The summed E-state index contributed by atoms with van der Waals surface area (Å²) in [5.74, 6) is -0.953. The lowest BCUT2D eigenvalue weighted by Gasteiger charge is -2.16. The van der Waals surface area contributed by atoms with E-state index in [1.165, 1.54) is 6.07 Å². The van der Waals surface area contributed by atoms with Gasteiger partial charge in [-0.1, -0.05) is 0 Å². The predicted octanol–water partition coefficient (Wildman–Crippen LogP) is -0.866. The van der Waals surface area contributed by atoms with Gasteiger partial charge in [-0.3, -0.25) is 0 Å². The summed E-state index contributed by atoms with van der Waals surface area (Å²) < 4.78 is 38.6. The zero-order valence-corrected chi connectivity index (χ0v) is 10.1. The van der Waals surface area contributed by atoms with Crippen LogP contribution in [0.1, 0.15) is 0 Å². The maximum atomic E-state index is 13.6. The van der Waals surface area contributed by atoms with E-state index in [0.717, 1.165) is 16.4 Å². The zero-order chi connectivity index (χ0) is 13.5. The van der Waals surface area contributed by atoms with Crippen molar-refractivity contribution in [1.82, 2.24) is 4.31 Å². The van der Waals surface area contributed by atoms with E-state index in [1.807, 2.05) is 0 Å². The highest BCUT2D eigenvalue weighted by molar-refractivity contribution is 7.89. The summed E-state index contributed by atoms with van der Waals surface area (Å²) in [6.45, 7) is -0.513. The molecule has 1 aromatic carbocycles. The van der Waals surface area contributed by atoms with Gasteiger partial charge in [0.25, 0.3) is 0 Å². The Balaban J connectivity index is 2.37. The number of nitrogens with two attached hydrogens (primary N) is 1. The number of sulfonamides is 1. The molecule has 2 rings (SSSR count). The minimum atomic E-state index is -4.07. The van der Waals surface area contributed by atoms with Crippen molar-refractivity contribution in [2.45, 2.75) is 17.1 Å². The van der Waals surface area contributed by atoms with E-state index in [0.29, 0.717) is 0 Å². The number of nitrogens with zero attached hydrogens (tertiary/aromatic N) is 1. The van der Waals surface area contributed by atoms with Gasteiger partial charge in [0.15, 0.2) is 0 Å². The van der Waals surface area contributed by atoms with Crippen molar-refractivity contribution in [1.29, 1.82) is 0 Å². The van der Waals surface area contributed by atoms with Gasteiger partial charge in [0, 0.05) is 18.8 Å². The van der Waals surface area contributed by atoms with Crippen LogP contribution in [0.15, 0.2) is 23.1 Å². The normalized spacial score (nSPS) is 25.5. The molecule has 0 aliphatic carbocycles. The quantitative estimate of drug-likeness (QED) is 0.609. The van der Waals surface area contributed by atoms with E-state index >= 15 is 0 Å². The van der Waals surface area contributed by atoms with Gasteiger partial charge in [-0.15, -0.1) is 0 Å². The molecular formula is C10H13FN2O4S. The summed E-state index contributed by atoms with van der Waals surface area (Å²) in [7, 11) is -4.07. The van der Waals surface area contributed by atoms with Crippen LogP contribution in [0.5, 0.6) is 0 Å². The van der Waals surface area contributed by atoms with E-state index in [-0.39, 0.29) is 18.8 Å². The smallest absolute Gasteiger partial charge is 0.246 e. The first-order valence-electron chi connectivity index (χ1n) is 5.23. The summed E-state index contributed by atoms with van der Waals surface area (Å²) in [5.41, 5.74) is 5.46. The fraction of sp³-hybridized carbons (Fsp3) is 0.400. The molecule has 18 heavy (non-hydrogen) atoms. The first kappa shape index (κ1) is 13.2. The van der Waals surface area contributed by atoms with E-state index in [9.17, 15) is 23.0 Å². The maximum absolute atomic E-state index is 13.6. The van der Waals surface area contributed by atoms with Gasteiger partial charge >= 0.3 is 0 Å². The average molecular weight is 276 g/mol. The molecule has 0 saturated carbocycles. The highest BCUT2D eigenvalue weighted by Crippen LogP contribution is 2.24. The van der Waals surface area contributed by atoms with Crippen LogP contribution in [0, 0.1) is 5.82 Å². The highest BCUT2D eigenvalue weighted by Gasteiger charge is 2.38. The number of hydrogen-bond acceptors (Lipinski definition) is 5. The number of aliphatic hydroxyl groups is 2. The largest absolute Gasteiger partial charge is 0.399 e. The molecule has 1 aliphatic heterocycles. The number of hydrogen-bond donors (Lipinski definition) is 3. The van der Waals surface area contributed by atoms with Crippen molar-refractivity contribution in [2.75, 3.05) is 18.8 Å². The van der Waals surface area contributed by atoms with Crippen LogP contribution < -0.4 is 5.73 Å². The second-order valence-electron chi connectivity index (χ2n) is 4.15. The Morgan fingerprint density at radius 2 is 1.83 bits per heavy atom. The molecule has 1 fully saturated rings. The van der Waals surface area contributed by atoms with Gasteiger partial charge in [-0.05, 0) is 18.2 Å². The summed E-state index contributed by atoms with van der Waals surface area (Å²) >= 11 is 0. The lowest BCUT2D eigenvalue weighted by molar-refractivity contribution is 0.0572. The number of anilines is 1. The molecule has 0 amide bonds. The summed E-state index contributed by atoms with van der Waals surface area (Å²) in [6, 6.07) is 3.26. The van der Waals surface area contributed by atoms with Gasteiger partial charge in [0.05, 0.1) is 12.2 Å². The van der Waals surface area contributed by atoms with E-state index in [1.54, 1.807) is 0 Å². The number of rotatable bonds is 2. The first-order valence-corrected chi connectivity index (χ1v) is 6.67. The van der Waals surface area contributed by atoms with Gasteiger partial charge in [0.2, 0.25) is 10.0 Å². The third kappa shape index (κ3) is 2.19. The first-order chi connectivity index (χ1) is 8.32. The molecule has 0 radical (unpaired) electrons. The molecular weight excluding hydrogens is 263 g/mol. The lowest BCUT2D eigenvalue weighted by Crippen LogP contribution is -2.30. The fourth-order valence-corrected chi connectivity index (χ4v) is 3.32. The van der Waals surface area contributed by atoms with Crippen LogP contribution in [-0.4, -0.2) is 48.2 Å². The Bertz CT molecular complexity index is 553. The molecule has 4 N–H and O–H groups in total. The van der Waals surface area contributed by atoms with Crippen molar-refractivity contribution in [3.8, 4) is 0 Å². The molecule has 2 atom stereocenters. The number of aliphatic hydroxyl groups excluding tert-OH is 2. The third-order valence-corrected chi connectivity index (χ3v) is 4.66. The lowest BCUT2D eigenvalue weighted by atomic mass is 10.3. The molecule has 1 aliphatic rings. The van der Waals surface area contributed by atoms with Crippen LogP contribution in [0.4, 0.5) is 10.1 Å². The minimum absolute atomic E-state index is 0.118. The molecule has 0 aromatic heterocycles. The second-order valence-corrected chi connectivity index (χ2v) is 6.05. The molecule has 1 heterocycles. The Hall–Kier alpha value is -1.22. The van der Waals surface area contributed by atoms with Gasteiger partial charge in [-0.2, -0.15) is 4.31 Å². The number of benzene rings is 1. The third-order valence-electron chi connectivity index (χ3n) is 2.80. The topological polar surface area (TPSA) is 104 Å². The van der Waals surface area contributed by atoms with Crippen LogP contribution in [0.2, 0.25) is 0 Å². The Kier molecular flexibility index (Phi) is 3.28. The highest BCUT2D eigenvalue weighted by atomic mass is 32.2. The zero-order valence-electron chi connectivity index (χ0n) is 9.32. The molecule has 8 heteroatoms. The molecule has 100 valence electrons. The molecule has 1 aromatic rings. The minimum Gasteiger partial charge on any atom is -0.399 e. The Morgan fingerprint density at radius 1 is 1.28 bits per heavy atom. The van der Waals surface area contributed by atoms with E-state index < -0.39 is 32.9 Å². The van der Waals surface area contributed by atoms with Crippen LogP contribution in [0.3, 0.4) is 0 Å². The van der Waals surface area contributed by atoms with Crippen molar-refractivity contribution >= 4 is 15.7 Å². The Labute approximate surface area is 103 Å². The SMILES string of the molecule is Nc1ccc(S(=O)(=O)N2CC(O)C(O)C2)c(F)c1. The second kappa shape index (κ2) is 4.47. The molecule has 6 nitrogen and oxygen atoms in total. The van der Waals surface area contributed by atoms with Crippen molar-refractivity contribution in [3.63, 3.8) is 0 Å². The van der Waals surface area contributed by atoms with Gasteiger partial charge < -0.3 is 15.9 Å². The van der Waals surface area contributed by atoms with Gasteiger partial charge in [-0.25, -0.2) is 12.8 Å². The number of nitrogen functional groups attached to an aromatic ring is 1. The molecule has 1 saturated heterocycles. The average Bonchev–Trinajstić information content (AvgIpc) is 2.59. The fourth-order valence-electron chi connectivity index (χ4n) is 1.80.